The van der Waals surface area contributed by atoms with Gasteiger partial charge in [0.15, 0.2) is 0 Å². The Hall–Kier alpha value is -0.790. The van der Waals surface area contributed by atoms with Crippen LogP contribution < -0.4 is 0 Å². The Balaban J connectivity index is 2.07. The minimum atomic E-state index is 0.0300. The van der Waals surface area contributed by atoms with Crippen molar-refractivity contribution < 1.29 is 0 Å². The highest BCUT2D eigenvalue weighted by Gasteiger charge is 2.09. The molecule has 1 atom stereocenters. The van der Waals surface area contributed by atoms with Crippen molar-refractivity contribution in [2.24, 2.45) is 0 Å². The Morgan fingerprint density at radius 1 is 0.895 bits per heavy atom. The zero-order valence-corrected chi connectivity index (χ0v) is 13.6. The third-order valence-corrected chi connectivity index (χ3v) is 4.23. The van der Waals surface area contributed by atoms with Crippen molar-refractivity contribution in [1.82, 2.24) is 0 Å². The number of rotatable bonds is 4. The van der Waals surface area contributed by atoms with Gasteiger partial charge in [0.05, 0.1) is 5.38 Å². The molecule has 2 aromatic rings. The summed E-state index contributed by atoms with van der Waals surface area (Å²) in [4.78, 5) is 0. The molecule has 0 saturated heterocycles. The normalized spacial score (nSPS) is 12.7. The van der Waals surface area contributed by atoms with Crippen LogP contribution in [0.1, 0.15) is 41.8 Å². The van der Waals surface area contributed by atoms with E-state index < -0.39 is 0 Å². The first-order valence-electron chi connectivity index (χ1n) is 6.54. The highest BCUT2D eigenvalue weighted by Crippen LogP contribution is 2.27. The summed E-state index contributed by atoms with van der Waals surface area (Å²) in [5.74, 6) is 0.564. The topological polar surface area (TPSA) is 0 Å². The fourth-order valence-corrected chi connectivity index (χ4v) is 2.62. The molecule has 100 valence electrons. The Morgan fingerprint density at radius 3 is 1.95 bits per heavy atom. The lowest BCUT2D eigenvalue weighted by Gasteiger charge is -2.12. The molecule has 0 N–H and O–H groups in total. The van der Waals surface area contributed by atoms with Gasteiger partial charge in [-0.15, -0.1) is 11.6 Å². The Labute approximate surface area is 128 Å². The molecule has 0 fully saturated rings. The zero-order valence-electron chi connectivity index (χ0n) is 11.2. The van der Waals surface area contributed by atoms with E-state index >= 15 is 0 Å². The van der Waals surface area contributed by atoms with Crippen molar-refractivity contribution in [1.29, 1.82) is 0 Å². The molecular weight excluding hydrogens is 320 g/mol. The molecule has 2 heteroatoms. The molecule has 0 aliphatic carbocycles. The maximum atomic E-state index is 6.50. The molecule has 0 heterocycles. The Bertz CT molecular complexity index is 514. The molecule has 0 amide bonds. The first kappa shape index (κ1) is 14.6. The van der Waals surface area contributed by atoms with Crippen molar-refractivity contribution in [3.05, 3.63) is 69.7 Å². The average molecular weight is 338 g/mol. The molecule has 0 aliphatic rings. The summed E-state index contributed by atoms with van der Waals surface area (Å²) in [5, 5.41) is 0.0300. The standard InChI is InChI=1S/C17H18BrCl/c1-12(2)14-5-7-15(8-6-14)17(19)11-13-3-9-16(18)10-4-13/h3-10,12,17H,11H2,1-2H3. The second-order valence-corrected chi connectivity index (χ2v) is 6.56. The molecule has 0 aliphatic heterocycles. The second-order valence-electron chi connectivity index (χ2n) is 5.12. The SMILES string of the molecule is CC(C)c1ccc(C(Cl)Cc2ccc(Br)cc2)cc1. The van der Waals surface area contributed by atoms with Gasteiger partial charge in [-0.1, -0.05) is 66.2 Å². The van der Waals surface area contributed by atoms with Crippen LogP contribution in [0.4, 0.5) is 0 Å². The summed E-state index contributed by atoms with van der Waals surface area (Å²) in [6.45, 7) is 4.41. The molecule has 0 saturated carbocycles. The smallest absolute Gasteiger partial charge is 0.0625 e. The van der Waals surface area contributed by atoms with E-state index in [0.717, 1.165) is 10.9 Å². The van der Waals surface area contributed by atoms with Gasteiger partial charge in [0.1, 0.15) is 0 Å². The minimum absolute atomic E-state index is 0.0300. The van der Waals surface area contributed by atoms with E-state index in [4.69, 9.17) is 11.6 Å². The molecule has 0 bridgehead atoms. The maximum Gasteiger partial charge on any atom is 0.0625 e. The quantitative estimate of drug-likeness (QED) is 0.592. The van der Waals surface area contributed by atoms with Gasteiger partial charge in [0, 0.05) is 4.47 Å². The summed E-state index contributed by atoms with van der Waals surface area (Å²) in [6, 6.07) is 17.0. The molecule has 0 nitrogen and oxygen atoms in total. The van der Waals surface area contributed by atoms with Gasteiger partial charge in [-0.25, -0.2) is 0 Å². The van der Waals surface area contributed by atoms with Crippen molar-refractivity contribution in [3.8, 4) is 0 Å². The summed E-state index contributed by atoms with van der Waals surface area (Å²) >= 11 is 9.95. The van der Waals surface area contributed by atoms with Gasteiger partial charge in [0.2, 0.25) is 0 Å². The molecule has 2 aromatic carbocycles. The van der Waals surface area contributed by atoms with E-state index in [2.05, 4.69) is 78.3 Å². The van der Waals surface area contributed by atoms with Crippen LogP contribution in [0.25, 0.3) is 0 Å². The van der Waals surface area contributed by atoms with E-state index in [1.165, 1.54) is 16.7 Å². The van der Waals surface area contributed by atoms with Crippen LogP contribution in [0.3, 0.4) is 0 Å². The van der Waals surface area contributed by atoms with Crippen molar-refractivity contribution in [2.75, 3.05) is 0 Å². The number of hydrogen-bond donors (Lipinski definition) is 0. The maximum absolute atomic E-state index is 6.50. The van der Waals surface area contributed by atoms with Crippen LogP contribution in [0, 0.1) is 0 Å². The molecule has 2 rings (SSSR count). The van der Waals surface area contributed by atoms with Gasteiger partial charge in [0.25, 0.3) is 0 Å². The lowest BCUT2D eigenvalue weighted by atomic mass is 9.99. The van der Waals surface area contributed by atoms with E-state index in [1.54, 1.807) is 0 Å². The first-order chi connectivity index (χ1) is 9.06. The number of halogens is 2. The molecule has 0 aromatic heterocycles. The predicted octanol–water partition coefficient (Wildman–Crippen LogP) is 6.10. The van der Waals surface area contributed by atoms with Crippen LogP contribution in [0.15, 0.2) is 53.0 Å². The highest BCUT2D eigenvalue weighted by molar-refractivity contribution is 9.10. The molecule has 0 radical (unpaired) electrons. The van der Waals surface area contributed by atoms with E-state index in [-0.39, 0.29) is 5.38 Å². The summed E-state index contributed by atoms with van der Waals surface area (Å²) < 4.78 is 1.10. The van der Waals surface area contributed by atoms with Crippen molar-refractivity contribution in [3.63, 3.8) is 0 Å². The average Bonchev–Trinajstić information content (AvgIpc) is 2.41. The van der Waals surface area contributed by atoms with Gasteiger partial charge in [-0.2, -0.15) is 0 Å². The van der Waals surface area contributed by atoms with Crippen LogP contribution in [-0.4, -0.2) is 0 Å². The summed E-state index contributed by atoms with van der Waals surface area (Å²) in [6.07, 6.45) is 0.857. The van der Waals surface area contributed by atoms with Gasteiger partial charge in [-0.05, 0) is 41.2 Å². The third-order valence-electron chi connectivity index (χ3n) is 3.29. The van der Waals surface area contributed by atoms with Crippen LogP contribution in [-0.2, 0) is 6.42 Å². The lowest BCUT2D eigenvalue weighted by Crippen LogP contribution is -1.97. The number of hydrogen-bond acceptors (Lipinski definition) is 0. The monoisotopic (exact) mass is 336 g/mol. The van der Waals surface area contributed by atoms with Crippen LogP contribution in [0.5, 0.6) is 0 Å². The van der Waals surface area contributed by atoms with Gasteiger partial charge < -0.3 is 0 Å². The van der Waals surface area contributed by atoms with Gasteiger partial charge >= 0.3 is 0 Å². The fourth-order valence-electron chi connectivity index (χ4n) is 2.04. The summed E-state index contributed by atoms with van der Waals surface area (Å²) in [7, 11) is 0. The minimum Gasteiger partial charge on any atom is -0.117 e. The molecule has 19 heavy (non-hydrogen) atoms. The summed E-state index contributed by atoms with van der Waals surface area (Å²) in [5.41, 5.74) is 3.81. The van der Waals surface area contributed by atoms with Crippen molar-refractivity contribution in [2.45, 2.75) is 31.6 Å². The molecule has 0 spiro atoms. The first-order valence-corrected chi connectivity index (χ1v) is 7.77. The predicted molar refractivity (Wildman–Crippen MR) is 87.0 cm³/mol. The number of benzene rings is 2. The van der Waals surface area contributed by atoms with E-state index in [1.807, 2.05) is 0 Å². The number of alkyl halides is 1. The fraction of sp³-hybridized carbons (Fsp3) is 0.294. The second kappa shape index (κ2) is 6.58. The Morgan fingerprint density at radius 2 is 1.42 bits per heavy atom. The molecule has 1 unspecified atom stereocenters. The largest absolute Gasteiger partial charge is 0.117 e. The zero-order chi connectivity index (χ0) is 13.8. The molecular formula is C17H18BrCl. The van der Waals surface area contributed by atoms with Gasteiger partial charge in [-0.3, -0.25) is 0 Å². The third kappa shape index (κ3) is 4.09. The highest BCUT2D eigenvalue weighted by atomic mass is 79.9. The van der Waals surface area contributed by atoms with E-state index in [9.17, 15) is 0 Å². The van der Waals surface area contributed by atoms with E-state index in [0.29, 0.717) is 5.92 Å². The van der Waals surface area contributed by atoms with Crippen LogP contribution in [0.2, 0.25) is 0 Å². The Kier molecular flexibility index (Phi) is 5.06. The lowest BCUT2D eigenvalue weighted by molar-refractivity contribution is 0.860. The van der Waals surface area contributed by atoms with Crippen molar-refractivity contribution >= 4 is 27.5 Å². The van der Waals surface area contributed by atoms with Crippen LogP contribution >= 0.6 is 27.5 Å².